The Balaban J connectivity index is 1.50. The zero-order chi connectivity index (χ0) is 20.6. The second kappa shape index (κ2) is 9.04. The molecule has 0 bridgehead atoms. The van der Waals surface area contributed by atoms with Crippen LogP contribution in [-0.2, 0) is 9.59 Å². The topological polar surface area (TPSA) is 132 Å². The van der Waals surface area contributed by atoms with Crippen molar-refractivity contribution in [1.82, 2.24) is 20.1 Å². The van der Waals surface area contributed by atoms with Crippen molar-refractivity contribution in [2.75, 3.05) is 11.9 Å². The summed E-state index contributed by atoms with van der Waals surface area (Å²) < 4.78 is 1.58. The molecule has 0 unspecified atom stereocenters. The Morgan fingerprint density at radius 2 is 1.90 bits per heavy atom. The molecule has 0 aliphatic heterocycles. The van der Waals surface area contributed by atoms with E-state index in [0.717, 1.165) is 11.8 Å². The molecule has 2 aromatic carbocycles. The summed E-state index contributed by atoms with van der Waals surface area (Å²) in [6.07, 6.45) is 5.44. The van der Waals surface area contributed by atoms with Crippen molar-refractivity contribution in [2.24, 2.45) is 0 Å². The van der Waals surface area contributed by atoms with Crippen molar-refractivity contribution in [2.45, 2.75) is 0 Å². The third-order valence-corrected chi connectivity index (χ3v) is 3.81. The van der Waals surface area contributed by atoms with Gasteiger partial charge in [-0.25, -0.2) is 9.67 Å². The van der Waals surface area contributed by atoms with E-state index in [-0.39, 0.29) is 12.2 Å². The summed E-state index contributed by atoms with van der Waals surface area (Å²) in [6.45, 7) is -0.245. The smallest absolute Gasteiger partial charge is 0.276 e. The van der Waals surface area contributed by atoms with Crippen LogP contribution in [0.3, 0.4) is 0 Å². The van der Waals surface area contributed by atoms with Crippen molar-refractivity contribution in [1.29, 1.82) is 0 Å². The highest BCUT2D eigenvalue weighted by Gasteiger charge is 2.10. The number of para-hydroxylation sites is 1. The molecule has 1 heterocycles. The van der Waals surface area contributed by atoms with Crippen LogP contribution in [0.15, 0.2) is 67.3 Å². The molecule has 0 radical (unpaired) electrons. The minimum absolute atomic E-state index is 0.108. The normalized spacial score (nSPS) is 10.6. The Hall–Kier alpha value is -4.34. The van der Waals surface area contributed by atoms with Gasteiger partial charge in [0.25, 0.3) is 5.69 Å². The number of benzene rings is 2. The predicted octanol–water partition coefficient (Wildman–Crippen LogP) is 1.94. The van der Waals surface area contributed by atoms with Gasteiger partial charge in [-0.1, -0.05) is 12.1 Å². The van der Waals surface area contributed by atoms with Crippen LogP contribution >= 0.6 is 0 Å². The molecule has 146 valence electrons. The van der Waals surface area contributed by atoms with Gasteiger partial charge in [-0.15, -0.1) is 0 Å². The summed E-state index contributed by atoms with van der Waals surface area (Å²) in [6, 6.07) is 13.0. The highest BCUT2D eigenvalue weighted by Crippen LogP contribution is 2.18. The Kier molecular flexibility index (Phi) is 6.05. The molecule has 2 N–H and O–H groups in total. The number of hydrogen-bond acceptors (Lipinski definition) is 6. The Morgan fingerprint density at radius 3 is 2.59 bits per heavy atom. The molecule has 2 amide bonds. The lowest BCUT2D eigenvalue weighted by molar-refractivity contribution is -0.385. The SMILES string of the molecule is O=C(/C=C/c1ccccc1[N+](=O)[O-])NCC(=O)Nc1ccc(-n2cncn2)cc1. The molecule has 1 aromatic heterocycles. The standard InChI is InChI=1S/C19H16N6O4/c26-18(10-5-14-3-1-2-4-17(14)25(28)29)21-11-19(27)23-15-6-8-16(9-7-15)24-13-20-12-22-24/h1-10,12-13H,11H2,(H,21,26)(H,23,27)/b10-5+. The summed E-state index contributed by atoms with van der Waals surface area (Å²) in [5, 5.41) is 20.0. The van der Waals surface area contributed by atoms with Crippen LogP contribution in [0.2, 0.25) is 0 Å². The fourth-order valence-electron chi connectivity index (χ4n) is 2.43. The molecule has 0 aliphatic rings. The van der Waals surface area contributed by atoms with Crippen LogP contribution in [0.25, 0.3) is 11.8 Å². The van der Waals surface area contributed by atoms with Crippen LogP contribution in [0.5, 0.6) is 0 Å². The number of nitro groups is 1. The van der Waals surface area contributed by atoms with Crippen LogP contribution in [0, 0.1) is 10.1 Å². The molecule has 10 nitrogen and oxygen atoms in total. The molecule has 0 saturated carbocycles. The van der Waals surface area contributed by atoms with Crippen molar-refractivity contribution in [3.63, 3.8) is 0 Å². The number of carbonyl (C=O) groups is 2. The van der Waals surface area contributed by atoms with E-state index in [1.165, 1.54) is 24.5 Å². The van der Waals surface area contributed by atoms with Crippen LogP contribution in [-0.4, -0.2) is 38.0 Å². The molecule has 0 atom stereocenters. The number of nitrogens with zero attached hydrogens (tertiary/aromatic N) is 4. The number of nitro benzene ring substituents is 1. The lowest BCUT2D eigenvalue weighted by Gasteiger charge is -2.07. The maximum atomic E-state index is 12.0. The van der Waals surface area contributed by atoms with Gasteiger partial charge in [-0.3, -0.25) is 19.7 Å². The maximum Gasteiger partial charge on any atom is 0.276 e. The fraction of sp³-hybridized carbons (Fsp3) is 0.0526. The molecule has 3 aromatic rings. The monoisotopic (exact) mass is 392 g/mol. The third kappa shape index (κ3) is 5.32. The highest BCUT2D eigenvalue weighted by molar-refractivity contribution is 5.98. The zero-order valence-electron chi connectivity index (χ0n) is 15.1. The first-order chi connectivity index (χ1) is 14.0. The first kappa shape index (κ1) is 19.4. The van der Waals surface area contributed by atoms with E-state index < -0.39 is 16.7 Å². The van der Waals surface area contributed by atoms with E-state index in [1.54, 1.807) is 47.4 Å². The first-order valence-corrected chi connectivity index (χ1v) is 8.47. The molecule has 10 heteroatoms. The van der Waals surface area contributed by atoms with Gasteiger partial charge >= 0.3 is 0 Å². The second-order valence-electron chi connectivity index (χ2n) is 5.80. The number of amides is 2. The molecule has 3 rings (SSSR count). The summed E-state index contributed by atoms with van der Waals surface area (Å²) in [7, 11) is 0. The molecule has 0 saturated heterocycles. The number of aromatic nitrogens is 3. The molecular weight excluding hydrogens is 376 g/mol. The van der Waals surface area contributed by atoms with Crippen molar-refractivity contribution >= 4 is 29.3 Å². The third-order valence-electron chi connectivity index (χ3n) is 3.81. The number of carbonyl (C=O) groups excluding carboxylic acids is 2. The van der Waals surface area contributed by atoms with Crippen molar-refractivity contribution in [3.8, 4) is 5.69 Å². The van der Waals surface area contributed by atoms with Crippen LogP contribution in [0.1, 0.15) is 5.56 Å². The van der Waals surface area contributed by atoms with Gasteiger partial charge in [0, 0.05) is 17.8 Å². The van der Waals surface area contributed by atoms with Gasteiger partial charge in [-0.05, 0) is 36.4 Å². The average molecular weight is 392 g/mol. The summed E-state index contributed by atoms with van der Waals surface area (Å²) in [4.78, 5) is 38.1. The van der Waals surface area contributed by atoms with Crippen molar-refractivity contribution < 1.29 is 14.5 Å². The summed E-state index contributed by atoms with van der Waals surface area (Å²) in [5.41, 5.74) is 1.53. The lowest BCUT2D eigenvalue weighted by atomic mass is 10.1. The van der Waals surface area contributed by atoms with Gasteiger partial charge in [-0.2, -0.15) is 5.10 Å². The van der Waals surface area contributed by atoms with E-state index in [2.05, 4.69) is 20.7 Å². The fourth-order valence-corrected chi connectivity index (χ4v) is 2.43. The molecule has 29 heavy (non-hydrogen) atoms. The zero-order valence-corrected chi connectivity index (χ0v) is 15.1. The van der Waals surface area contributed by atoms with Crippen LogP contribution in [0.4, 0.5) is 11.4 Å². The molecule has 0 aliphatic carbocycles. The number of anilines is 1. The van der Waals surface area contributed by atoms with Crippen molar-refractivity contribution in [3.05, 3.63) is 82.9 Å². The minimum Gasteiger partial charge on any atom is -0.343 e. The van der Waals surface area contributed by atoms with E-state index in [1.807, 2.05) is 0 Å². The van der Waals surface area contributed by atoms with Gasteiger partial charge in [0.2, 0.25) is 11.8 Å². The average Bonchev–Trinajstić information content (AvgIpc) is 3.26. The molecule has 0 fully saturated rings. The van der Waals surface area contributed by atoms with E-state index in [0.29, 0.717) is 11.3 Å². The molecular formula is C19H16N6O4. The minimum atomic E-state index is -0.542. The predicted molar refractivity (Wildman–Crippen MR) is 105 cm³/mol. The van der Waals surface area contributed by atoms with Gasteiger partial charge in [0.05, 0.1) is 22.7 Å². The second-order valence-corrected chi connectivity index (χ2v) is 5.80. The highest BCUT2D eigenvalue weighted by atomic mass is 16.6. The van der Waals surface area contributed by atoms with Gasteiger partial charge < -0.3 is 10.6 Å². The Labute approximate surface area is 165 Å². The number of hydrogen-bond donors (Lipinski definition) is 2. The molecule has 0 spiro atoms. The first-order valence-electron chi connectivity index (χ1n) is 8.47. The summed E-state index contributed by atoms with van der Waals surface area (Å²) >= 11 is 0. The van der Waals surface area contributed by atoms with Crippen LogP contribution < -0.4 is 10.6 Å². The maximum absolute atomic E-state index is 12.0. The Morgan fingerprint density at radius 1 is 1.14 bits per heavy atom. The summed E-state index contributed by atoms with van der Waals surface area (Å²) in [5.74, 6) is -0.953. The van der Waals surface area contributed by atoms with Gasteiger partial charge in [0.15, 0.2) is 0 Å². The van der Waals surface area contributed by atoms with E-state index in [9.17, 15) is 19.7 Å². The number of nitrogens with one attached hydrogen (secondary N) is 2. The lowest BCUT2D eigenvalue weighted by Crippen LogP contribution is -2.31. The van der Waals surface area contributed by atoms with Gasteiger partial charge in [0.1, 0.15) is 12.7 Å². The Bertz CT molecular complexity index is 1040. The van der Waals surface area contributed by atoms with E-state index in [4.69, 9.17) is 0 Å². The number of rotatable bonds is 7. The quantitative estimate of drug-likeness (QED) is 0.359. The van der Waals surface area contributed by atoms with E-state index >= 15 is 0 Å². The largest absolute Gasteiger partial charge is 0.343 e.